The molecule has 13 heteroatoms. The number of piperidine rings is 1. The molecule has 8 nitrogen and oxygen atoms in total. The second-order valence-electron chi connectivity index (χ2n) is 9.80. The highest BCUT2D eigenvalue weighted by atomic mass is 32.2. The number of hydrogen-bond donors (Lipinski definition) is 2. The monoisotopic (exact) mass is 609 g/mol. The van der Waals surface area contributed by atoms with E-state index in [0.717, 1.165) is 17.7 Å². The Morgan fingerprint density at radius 3 is 2.29 bits per heavy atom. The molecule has 0 bridgehead atoms. The van der Waals surface area contributed by atoms with Crippen molar-refractivity contribution in [1.82, 2.24) is 4.31 Å². The minimum absolute atomic E-state index is 0.0132. The Morgan fingerprint density at radius 2 is 1.61 bits per heavy atom. The van der Waals surface area contributed by atoms with Crippen LogP contribution >= 0.6 is 0 Å². The molecule has 1 amide bonds. The van der Waals surface area contributed by atoms with Crippen molar-refractivity contribution in [3.05, 3.63) is 90.0 Å². The molecule has 1 aliphatic rings. The molecule has 1 fully saturated rings. The van der Waals surface area contributed by atoms with E-state index in [-0.39, 0.29) is 28.8 Å². The maximum Gasteiger partial charge on any atom is 0.416 e. The lowest BCUT2D eigenvalue weighted by Gasteiger charge is -2.31. The summed E-state index contributed by atoms with van der Waals surface area (Å²) in [7, 11) is -7.73. The Morgan fingerprint density at radius 1 is 0.902 bits per heavy atom. The molecule has 1 unspecified atom stereocenters. The number of hydrogen-bond acceptors (Lipinski definition) is 5. The first-order valence-electron chi connectivity index (χ1n) is 13.0. The maximum atomic E-state index is 13.0. The van der Waals surface area contributed by atoms with Gasteiger partial charge in [-0.15, -0.1) is 0 Å². The van der Waals surface area contributed by atoms with Gasteiger partial charge in [0.1, 0.15) is 0 Å². The Balaban J connectivity index is 1.33. The fourth-order valence-electron chi connectivity index (χ4n) is 4.58. The Labute approximate surface area is 237 Å². The molecule has 0 aromatic heterocycles. The molecule has 2 N–H and O–H groups in total. The third-order valence-electron chi connectivity index (χ3n) is 6.73. The largest absolute Gasteiger partial charge is 0.416 e. The number of aryl methyl sites for hydroxylation is 1. The summed E-state index contributed by atoms with van der Waals surface area (Å²) in [5.41, 5.74) is 0.130. The smallest absolute Gasteiger partial charge is 0.326 e. The molecule has 4 rings (SSSR count). The van der Waals surface area contributed by atoms with Gasteiger partial charge in [-0.25, -0.2) is 21.1 Å². The molecule has 0 aliphatic carbocycles. The van der Waals surface area contributed by atoms with Crippen molar-refractivity contribution in [3.63, 3.8) is 0 Å². The average Bonchev–Trinajstić information content (AvgIpc) is 2.93. The first-order chi connectivity index (χ1) is 19.3. The molecule has 1 aliphatic heterocycles. The van der Waals surface area contributed by atoms with Gasteiger partial charge in [0.05, 0.1) is 22.1 Å². The minimum Gasteiger partial charge on any atom is -0.326 e. The fourth-order valence-corrected chi connectivity index (χ4v) is 7.21. The zero-order valence-corrected chi connectivity index (χ0v) is 23.6. The van der Waals surface area contributed by atoms with Gasteiger partial charge in [-0.1, -0.05) is 36.4 Å². The average molecular weight is 610 g/mol. The summed E-state index contributed by atoms with van der Waals surface area (Å²) in [5, 5.41) is 2.70. The Kier molecular flexibility index (Phi) is 9.40. The van der Waals surface area contributed by atoms with Gasteiger partial charge in [0.25, 0.3) is 10.0 Å². The number of carbonyl (C=O) groups is 1. The molecule has 0 spiro atoms. The number of nitrogens with zero attached hydrogens (tertiary/aromatic N) is 1. The normalized spacial score (nSPS) is 16.7. The summed E-state index contributed by atoms with van der Waals surface area (Å²) in [6.07, 6.45) is -2.47. The van der Waals surface area contributed by atoms with Gasteiger partial charge in [0.2, 0.25) is 15.9 Å². The van der Waals surface area contributed by atoms with Crippen molar-refractivity contribution in [2.45, 2.75) is 36.8 Å². The van der Waals surface area contributed by atoms with Gasteiger partial charge in [0.15, 0.2) is 0 Å². The lowest BCUT2D eigenvalue weighted by molar-refractivity contribution is -0.137. The summed E-state index contributed by atoms with van der Waals surface area (Å²) < 4.78 is 93.5. The van der Waals surface area contributed by atoms with E-state index in [2.05, 4.69) is 10.0 Å². The summed E-state index contributed by atoms with van der Waals surface area (Å²) >= 11 is 0. The molecule has 1 heterocycles. The highest BCUT2D eigenvalue weighted by Crippen LogP contribution is 2.31. The van der Waals surface area contributed by atoms with E-state index in [1.807, 2.05) is 30.3 Å². The van der Waals surface area contributed by atoms with E-state index in [0.29, 0.717) is 44.0 Å². The fraction of sp³-hybridized carbons (Fsp3) is 0.321. The molecule has 1 atom stereocenters. The van der Waals surface area contributed by atoms with Crippen molar-refractivity contribution >= 4 is 37.3 Å². The first-order valence-corrected chi connectivity index (χ1v) is 16.1. The van der Waals surface area contributed by atoms with Gasteiger partial charge >= 0.3 is 6.18 Å². The van der Waals surface area contributed by atoms with Crippen LogP contribution in [0.3, 0.4) is 0 Å². The Hall–Kier alpha value is -3.42. The second kappa shape index (κ2) is 12.6. The number of amides is 1. The number of carbonyl (C=O) groups excluding carboxylic acids is 1. The summed E-state index contributed by atoms with van der Waals surface area (Å²) in [5.74, 6) is -0.966. The van der Waals surface area contributed by atoms with Crippen molar-refractivity contribution in [1.29, 1.82) is 0 Å². The van der Waals surface area contributed by atoms with E-state index in [1.54, 1.807) is 0 Å². The molecule has 220 valence electrons. The van der Waals surface area contributed by atoms with Crippen molar-refractivity contribution < 1.29 is 34.8 Å². The van der Waals surface area contributed by atoms with Crippen LogP contribution in [0.1, 0.15) is 30.4 Å². The number of alkyl halides is 3. The number of anilines is 2. The number of nitrogens with one attached hydrogen (secondary N) is 2. The van der Waals surface area contributed by atoms with Gasteiger partial charge in [-0.3, -0.25) is 9.52 Å². The quantitative estimate of drug-likeness (QED) is 0.332. The molecule has 0 radical (unpaired) electrons. The predicted molar refractivity (Wildman–Crippen MR) is 150 cm³/mol. The molecular formula is C28H30F3N3O5S2. The van der Waals surface area contributed by atoms with Crippen LogP contribution in [0.2, 0.25) is 0 Å². The molecule has 3 aromatic rings. The minimum atomic E-state index is -4.62. The van der Waals surface area contributed by atoms with Crippen LogP contribution in [0.5, 0.6) is 0 Å². The van der Waals surface area contributed by atoms with E-state index in [4.69, 9.17) is 0 Å². The van der Waals surface area contributed by atoms with Crippen LogP contribution < -0.4 is 10.0 Å². The number of halogens is 3. The summed E-state index contributed by atoms with van der Waals surface area (Å²) in [4.78, 5) is 12.7. The van der Waals surface area contributed by atoms with Crippen LogP contribution in [-0.4, -0.2) is 45.9 Å². The zero-order valence-electron chi connectivity index (χ0n) is 22.0. The van der Waals surface area contributed by atoms with Crippen LogP contribution in [0.15, 0.2) is 83.8 Å². The summed E-state index contributed by atoms with van der Waals surface area (Å²) in [6.45, 7) is 0.412. The molecule has 41 heavy (non-hydrogen) atoms. The van der Waals surface area contributed by atoms with E-state index >= 15 is 0 Å². The Bertz CT molecular complexity index is 1560. The molecular weight excluding hydrogens is 579 g/mol. The van der Waals surface area contributed by atoms with Crippen molar-refractivity contribution in [3.8, 4) is 0 Å². The van der Waals surface area contributed by atoms with E-state index in [1.165, 1.54) is 34.6 Å². The third-order valence-corrected chi connectivity index (χ3v) is 10.1. The van der Waals surface area contributed by atoms with Crippen molar-refractivity contribution in [2.24, 2.45) is 5.92 Å². The standard InChI is InChI=1S/C28H30F3N3O5S2/c29-28(30,31)23-11-4-12-25(19-23)33-41(38,39)26-15-13-24(14-16-26)32-27(35)22-10-5-17-34(20-22)40(36,37)18-6-9-21-7-2-1-3-8-21/h1-4,7-8,11-16,19,22,33H,5-6,9-10,17-18,20H2,(H,32,35). The molecule has 0 saturated carbocycles. The summed E-state index contributed by atoms with van der Waals surface area (Å²) in [6, 6.07) is 18.6. The first kappa shape index (κ1) is 30.5. The van der Waals surface area contributed by atoms with Gasteiger partial charge in [-0.2, -0.15) is 13.2 Å². The number of rotatable bonds is 10. The van der Waals surface area contributed by atoms with Gasteiger partial charge < -0.3 is 5.32 Å². The topological polar surface area (TPSA) is 113 Å². The van der Waals surface area contributed by atoms with Crippen LogP contribution in [0.4, 0.5) is 24.5 Å². The molecule has 3 aromatic carbocycles. The second-order valence-corrected chi connectivity index (χ2v) is 13.6. The van der Waals surface area contributed by atoms with E-state index < -0.39 is 37.7 Å². The van der Waals surface area contributed by atoms with E-state index in [9.17, 15) is 34.8 Å². The van der Waals surface area contributed by atoms with Crippen LogP contribution in [0.25, 0.3) is 0 Å². The predicted octanol–water partition coefficient (Wildman–Crippen LogP) is 5.12. The highest BCUT2D eigenvalue weighted by Gasteiger charge is 2.33. The zero-order chi connectivity index (χ0) is 29.7. The van der Waals surface area contributed by atoms with Crippen LogP contribution in [-0.2, 0) is 37.4 Å². The van der Waals surface area contributed by atoms with Gasteiger partial charge in [0, 0.05) is 24.5 Å². The number of benzene rings is 3. The molecule has 1 saturated heterocycles. The lowest BCUT2D eigenvalue weighted by Crippen LogP contribution is -2.44. The van der Waals surface area contributed by atoms with Crippen molar-refractivity contribution in [2.75, 3.05) is 28.9 Å². The maximum absolute atomic E-state index is 13.0. The third kappa shape index (κ3) is 8.30. The lowest BCUT2D eigenvalue weighted by atomic mass is 9.99. The van der Waals surface area contributed by atoms with Gasteiger partial charge in [-0.05, 0) is 73.7 Å². The van der Waals surface area contributed by atoms with Crippen LogP contribution in [0, 0.1) is 5.92 Å². The highest BCUT2D eigenvalue weighted by molar-refractivity contribution is 7.92. The number of sulfonamides is 2. The SMILES string of the molecule is O=C(Nc1ccc(S(=O)(=O)Nc2cccc(C(F)(F)F)c2)cc1)C1CCCN(S(=O)(=O)CCCc2ccccc2)C1.